The number of H-pyrrole nitrogens is 1. The fourth-order valence-corrected chi connectivity index (χ4v) is 4.06. The minimum Gasteiger partial charge on any atom is -0.441 e. The van der Waals surface area contributed by atoms with E-state index in [0.29, 0.717) is 44.7 Å². The second kappa shape index (κ2) is 7.10. The molecule has 2 aliphatic heterocycles. The average molecular weight is 367 g/mol. The summed E-state index contributed by atoms with van der Waals surface area (Å²) in [5.41, 5.74) is 1.37. The van der Waals surface area contributed by atoms with E-state index in [2.05, 4.69) is 24.0 Å². The molecule has 0 unspecified atom stereocenters. The van der Waals surface area contributed by atoms with Gasteiger partial charge < -0.3 is 19.5 Å². The molecule has 1 aromatic carbocycles. The van der Waals surface area contributed by atoms with Crippen LogP contribution in [-0.4, -0.2) is 58.6 Å². The molecule has 2 saturated heterocycles. The molecule has 1 atom stereocenters. The van der Waals surface area contributed by atoms with Gasteiger partial charge in [-0.25, -0.2) is 4.79 Å². The Morgan fingerprint density at radius 3 is 2.59 bits per heavy atom. The van der Waals surface area contributed by atoms with Gasteiger partial charge >= 0.3 is 6.09 Å². The number of ether oxygens (including phenoxy) is 1. The highest BCUT2D eigenvalue weighted by molar-refractivity contribution is 5.92. The summed E-state index contributed by atoms with van der Waals surface area (Å²) in [6.45, 7) is 4.59. The van der Waals surface area contributed by atoms with Crippen molar-refractivity contribution in [1.29, 1.82) is 0 Å². The fraction of sp³-hybridized carbons (Fsp3) is 0.429. The molecule has 3 heterocycles. The van der Waals surface area contributed by atoms with Gasteiger partial charge in [0.25, 0.3) is 5.91 Å². The highest BCUT2D eigenvalue weighted by Gasteiger charge is 2.47. The van der Waals surface area contributed by atoms with Crippen LogP contribution in [0, 0.1) is 0 Å². The maximum Gasteiger partial charge on any atom is 0.410 e. The molecule has 6 nitrogen and oxygen atoms in total. The molecule has 1 spiro atoms. The highest BCUT2D eigenvalue weighted by atomic mass is 16.6. The van der Waals surface area contributed by atoms with Crippen molar-refractivity contribution in [3.8, 4) is 0 Å². The quantitative estimate of drug-likeness (QED) is 0.902. The van der Waals surface area contributed by atoms with Gasteiger partial charge in [0, 0.05) is 38.7 Å². The van der Waals surface area contributed by atoms with Crippen molar-refractivity contribution in [2.45, 2.75) is 31.3 Å². The third kappa shape index (κ3) is 3.56. The smallest absolute Gasteiger partial charge is 0.410 e. The average Bonchev–Trinajstić information content (AvgIpc) is 3.32. The molecule has 6 heteroatoms. The number of carbonyl (C=O) groups excluding carboxylic acids is 2. The number of amides is 2. The maximum atomic E-state index is 12.5. The van der Waals surface area contributed by atoms with Crippen molar-refractivity contribution in [3.63, 3.8) is 0 Å². The number of aromatic amines is 1. The number of benzene rings is 1. The maximum absolute atomic E-state index is 12.5. The van der Waals surface area contributed by atoms with Crippen LogP contribution in [0.15, 0.2) is 48.7 Å². The predicted molar refractivity (Wildman–Crippen MR) is 102 cm³/mol. The molecule has 142 valence electrons. The summed E-state index contributed by atoms with van der Waals surface area (Å²) in [6.07, 6.45) is 2.88. The Labute approximate surface area is 159 Å². The summed E-state index contributed by atoms with van der Waals surface area (Å²) in [6, 6.07) is 13.8. The molecule has 4 rings (SSSR count). The zero-order chi connectivity index (χ0) is 18.9. The molecule has 2 fully saturated rings. The lowest BCUT2D eigenvalue weighted by Crippen LogP contribution is -2.49. The lowest BCUT2D eigenvalue weighted by Gasteiger charge is -2.37. The van der Waals surface area contributed by atoms with Crippen LogP contribution in [0.25, 0.3) is 0 Å². The molecule has 27 heavy (non-hydrogen) atoms. The second-order valence-electron chi connectivity index (χ2n) is 7.62. The van der Waals surface area contributed by atoms with Crippen LogP contribution in [0.5, 0.6) is 0 Å². The number of carbonyl (C=O) groups is 2. The summed E-state index contributed by atoms with van der Waals surface area (Å²) in [7, 11) is 0. The topological polar surface area (TPSA) is 65.6 Å². The molecule has 0 aliphatic carbocycles. The first-order valence-electron chi connectivity index (χ1n) is 9.52. The first kappa shape index (κ1) is 17.6. The van der Waals surface area contributed by atoms with E-state index in [1.165, 1.54) is 5.56 Å². The Morgan fingerprint density at radius 1 is 1.19 bits per heavy atom. The number of rotatable bonds is 4. The number of aromatic nitrogens is 1. The summed E-state index contributed by atoms with van der Waals surface area (Å²) in [5.74, 6) is 0.261. The summed E-state index contributed by atoms with van der Waals surface area (Å²) < 4.78 is 5.80. The first-order chi connectivity index (χ1) is 13.1. The highest BCUT2D eigenvalue weighted by Crippen LogP contribution is 2.34. The van der Waals surface area contributed by atoms with Gasteiger partial charge in [0.05, 0.1) is 6.54 Å². The van der Waals surface area contributed by atoms with Gasteiger partial charge in [0.2, 0.25) is 0 Å². The van der Waals surface area contributed by atoms with Crippen LogP contribution in [0.4, 0.5) is 4.79 Å². The minimum atomic E-state index is -0.458. The zero-order valence-electron chi connectivity index (χ0n) is 15.6. The molecule has 1 N–H and O–H groups in total. The van der Waals surface area contributed by atoms with E-state index < -0.39 is 5.60 Å². The Hall–Kier alpha value is -2.76. The third-order valence-electron chi connectivity index (χ3n) is 5.69. The van der Waals surface area contributed by atoms with E-state index in [1.54, 1.807) is 12.3 Å². The number of piperidine rings is 1. The number of hydrogen-bond donors (Lipinski definition) is 1. The van der Waals surface area contributed by atoms with Crippen LogP contribution in [0.3, 0.4) is 0 Å². The normalized spacial score (nSPS) is 20.0. The van der Waals surface area contributed by atoms with Crippen molar-refractivity contribution in [1.82, 2.24) is 14.8 Å². The minimum absolute atomic E-state index is 0.00808. The standard InChI is InChI=1S/C21H25N3O3/c1-16(17-6-3-2-4-7-17)14-24-15-21(27-20(24)26)9-12-23(13-10-21)19(25)18-8-5-11-22-18/h2-8,11,16,22H,9-10,12-15H2,1H3/t16-/m0/s1. The fourth-order valence-electron chi connectivity index (χ4n) is 4.06. The predicted octanol–water partition coefficient (Wildman–Crippen LogP) is 3.25. The summed E-state index contributed by atoms with van der Waals surface area (Å²) >= 11 is 0. The number of nitrogens with zero attached hydrogens (tertiary/aromatic N) is 2. The second-order valence-corrected chi connectivity index (χ2v) is 7.62. The van der Waals surface area contributed by atoms with Gasteiger partial charge in [-0.3, -0.25) is 4.79 Å². The molecular formula is C21H25N3O3. The Bertz CT molecular complexity index is 795. The van der Waals surface area contributed by atoms with Gasteiger partial charge in [-0.15, -0.1) is 0 Å². The van der Waals surface area contributed by atoms with Gasteiger partial charge in [-0.05, 0) is 23.6 Å². The van der Waals surface area contributed by atoms with E-state index in [9.17, 15) is 9.59 Å². The molecular weight excluding hydrogens is 342 g/mol. The van der Waals surface area contributed by atoms with Gasteiger partial charge in [0.1, 0.15) is 11.3 Å². The zero-order valence-corrected chi connectivity index (χ0v) is 15.6. The molecule has 0 bridgehead atoms. The van der Waals surface area contributed by atoms with E-state index in [1.807, 2.05) is 34.1 Å². The number of nitrogens with one attached hydrogen (secondary N) is 1. The van der Waals surface area contributed by atoms with E-state index in [4.69, 9.17) is 4.74 Å². The molecule has 1 aromatic heterocycles. The Kier molecular flexibility index (Phi) is 4.64. The van der Waals surface area contributed by atoms with Crippen molar-refractivity contribution < 1.29 is 14.3 Å². The van der Waals surface area contributed by atoms with Gasteiger partial charge in [-0.1, -0.05) is 37.3 Å². The van der Waals surface area contributed by atoms with Crippen LogP contribution in [-0.2, 0) is 4.74 Å². The Balaban J connectivity index is 1.36. The van der Waals surface area contributed by atoms with E-state index >= 15 is 0 Å². The van der Waals surface area contributed by atoms with Crippen molar-refractivity contribution in [2.24, 2.45) is 0 Å². The molecule has 2 amide bonds. The third-order valence-corrected chi connectivity index (χ3v) is 5.69. The van der Waals surface area contributed by atoms with Crippen molar-refractivity contribution in [2.75, 3.05) is 26.2 Å². The Morgan fingerprint density at radius 2 is 1.93 bits per heavy atom. The lowest BCUT2D eigenvalue weighted by molar-refractivity contribution is 0.00298. The lowest BCUT2D eigenvalue weighted by atomic mass is 9.90. The van der Waals surface area contributed by atoms with Crippen LogP contribution < -0.4 is 0 Å². The van der Waals surface area contributed by atoms with Crippen LogP contribution >= 0.6 is 0 Å². The molecule has 2 aromatic rings. The van der Waals surface area contributed by atoms with Crippen LogP contribution in [0.2, 0.25) is 0 Å². The monoisotopic (exact) mass is 367 g/mol. The van der Waals surface area contributed by atoms with Crippen molar-refractivity contribution >= 4 is 12.0 Å². The van der Waals surface area contributed by atoms with E-state index in [0.717, 1.165) is 0 Å². The SMILES string of the molecule is C[C@@H](CN1CC2(CCN(C(=O)c3ccc[nH]3)CC2)OC1=O)c1ccccc1. The van der Waals surface area contributed by atoms with Gasteiger partial charge in [0.15, 0.2) is 0 Å². The molecule has 2 aliphatic rings. The van der Waals surface area contributed by atoms with Crippen molar-refractivity contribution in [3.05, 3.63) is 59.9 Å². The largest absolute Gasteiger partial charge is 0.441 e. The van der Waals surface area contributed by atoms with Gasteiger partial charge in [-0.2, -0.15) is 0 Å². The molecule has 0 radical (unpaired) electrons. The van der Waals surface area contributed by atoms with E-state index in [-0.39, 0.29) is 17.9 Å². The first-order valence-corrected chi connectivity index (χ1v) is 9.52. The van der Waals surface area contributed by atoms with Crippen LogP contribution in [0.1, 0.15) is 41.7 Å². The molecule has 0 saturated carbocycles. The summed E-state index contributed by atoms with van der Waals surface area (Å²) in [4.78, 5) is 31.5. The number of hydrogen-bond acceptors (Lipinski definition) is 3. The summed E-state index contributed by atoms with van der Waals surface area (Å²) in [5, 5.41) is 0. The number of likely N-dealkylation sites (tertiary alicyclic amines) is 1.